The van der Waals surface area contributed by atoms with Crippen LogP contribution in [0.1, 0.15) is 23.2 Å². The van der Waals surface area contributed by atoms with Gasteiger partial charge in [-0.15, -0.1) is 0 Å². The highest BCUT2D eigenvalue weighted by Crippen LogP contribution is 2.20. The molecule has 0 spiro atoms. The lowest BCUT2D eigenvalue weighted by Gasteiger charge is -2.14. The molecule has 0 aliphatic carbocycles. The topological polar surface area (TPSA) is 58.1 Å². The average Bonchev–Trinajstić information content (AvgIpc) is 3.05. The predicted octanol–water partition coefficient (Wildman–Crippen LogP) is 3.12. The molecule has 1 N–H and O–H groups in total. The molecule has 0 bridgehead atoms. The van der Waals surface area contributed by atoms with Gasteiger partial charge in [0.2, 0.25) is 5.95 Å². The van der Waals surface area contributed by atoms with Gasteiger partial charge in [0.05, 0.1) is 10.6 Å². The van der Waals surface area contributed by atoms with Crippen molar-refractivity contribution in [3.05, 3.63) is 47.0 Å². The monoisotopic (exact) mass is 320 g/mol. The van der Waals surface area contributed by atoms with Crippen molar-refractivity contribution >= 4 is 29.1 Å². The molecule has 2 heterocycles. The second-order valence-corrected chi connectivity index (χ2v) is 5.46. The summed E-state index contributed by atoms with van der Waals surface area (Å²) in [5.41, 5.74) is 0.753. The molecule has 7 heteroatoms. The second kappa shape index (κ2) is 6.27. The lowest BCUT2D eigenvalue weighted by Crippen LogP contribution is -2.21. The lowest BCUT2D eigenvalue weighted by molar-refractivity contribution is 0.102. The number of rotatable bonds is 3. The van der Waals surface area contributed by atoms with Gasteiger partial charge in [0.15, 0.2) is 0 Å². The maximum atomic E-state index is 13.1. The number of carbonyl (C=O) groups excluding carboxylic acids is 1. The zero-order valence-electron chi connectivity index (χ0n) is 11.7. The molecule has 1 amide bonds. The molecule has 1 aliphatic rings. The molecule has 1 aliphatic heterocycles. The maximum absolute atomic E-state index is 13.1. The van der Waals surface area contributed by atoms with Crippen LogP contribution in [0.5, 0.6) is 0 Å². The molecule has 0 atom stereocenters. The molecule has 2 aromatic rings. The van der Waals surface area contributed by atoms with Gasteiger partial charge in [-0.05, 0) is 31.0 Å². The zero-order valence-corrected chi connectivity index (χ0v) is 12.5. The van der Waals surface area contributed by atoms with Gasteiger partial charge in [-0.1, -0.05) is 11.6 Å². The van der Waals surface area contributed by atoms with Gasteiger partial charge in [-0.2, -0.15) is 0 Å². The summed E-state index contributed by atoms with van der Waals surface area (Å²) < 4.78 is 13.1. The fraction of sp³-hybridized carbons (Fsp3) is 0.267. The van der Waals surface area contributed by atoms with E-state index in [0.29, 0.717) is 17.2 Å². The zero-order chi connectivity index (χ0) is 15.5. The Morgan fingerprint density at radius 3 is 2.55 bits per heavy atom. The fourth-order valence-corrected chi connectivity index (χ4v) is 2.48. The number of nitrogens with zero attached hydrogens (tertiary/aromatic N) is 3. The Kier molecular flexibility index (Phi) is 4.20. The van der Waals surface area contributed by atoms with Crippen molar-refractivity contribution in [2.75, 3.05) is 23.3 Å². The van der Waals surface area contributed by atoms with E-state index in [9.17, 15) is 9.18 Å². The van der Waals surface area contributed by atoms with Crippen LogP contribution in [0, 0.1) is 5.82 Å². The Labute approximate surface area is 132 Å². The minimum Gasteiger partial charge on any atom is -0.341 e. The standard InChI is InChI=1S/C15H14ClFN4O/c16-12-7-11(3-4-13(12)17)20-14(22)10-8-18-15(19-9-10)21-5-1-2-6-21/h3-4,7-9H,1-2,5-6H2,(H,20,22). The van der Waals surface area contributed by atoms with E-state index in [1.807, 2.05) is 0 Å². The molecule has 114 valence electrons. The van der Waals surface area contributed by atoms with E-state index in [4.69, 9.17) is 11.6 Å². The van der Waals surface area contributed by atoms with Crippen LogP contribution in [0.15, 0.2) is 30.6 Å². The number of hydrogen-bond donors (Lipinski definition) is 1. The van der Waals surface area contributed by atoms with Crippen LogP contribution in [-0.4, -0.2) is 29.0 Å². The molecule has 0 unspecified atom stereocenters. The first-order valence-electron chi connectivity index (χ1n) is 6.97. The number of halogens is 2. The Bertz CT molecular complexity index is 686. The van der Waals surface area contributed by atoms with Crippen molar-refractivity contribution in [3.63, 3.8) is 0 Å². The second-order valence-electron chi connectivity index (χ2n) is 5.05. The molecule has 1 aromatic heterocycles. The van der Waals surface area contributed by atoms with E-state index in [0.717, 1.165) is 25.9 Å². The molecule has 5 nitrogen and oxygen atoms in total. The van der Waals surface area contributed by atoms with Crippen molar-refractivity contribution in [3.8, 4) is 0 Å². The number of amides is 1. The summed E-state index contributed by atoms with van der Waals surface area (Å²) in [5, 5.41) is 2.59. The first-order chi connectivity index (χ1) is 10.6. The quantitative estimate of drug-likeness (QED) is 0.944. The van der Waals surface area contributed by atoms with Gasteiger partial charge in [-0.3, -0.25) is 4.79 Å². The Hall–Kier alpha value is -2.21. The highest BCUT2D eigenvalue weighted by atomic mass is 35.5. The molecular weight excluding hydrogens is 307 g/mol. The summed E-state index contributed by atoms with van der Waals surface area (Å²) >= 11 is 5.68. The average molecular weight is 321 g/mol. The van der Waals surface area contributed by atoms with Crippen LogP contribution in [0.4, 0.5) is 16.0 Å². The fourth-order valence-electron chi connectivity index (χ4n) is 2.30. The first-order valence-corrected chi connectivity index (χ1v) is 7.35. The number of benzene rings is 1. The number of anilines is 2. The molecule has 0 radical (unpaired) electrons. The van der Waals surface area contributed by atoms with E-state index in [2.05, 4.69) is 20.2 Å². The summed E-state index contributed by atoms with van der Waals surface area (Å²) in [5.74, 6) is -0.257. The molecule has 3 rings (SSSR count). The number of carbonyl (C=O) groups is 1. The van der Waals surface area contributed by atoms with Crippen LogP contribution < -0.4 is 10.2 Å². The van der Waals surface area contributed by atoms with Gasteiger partial charge in [0, 0.05) is 31.2 Å². The SMILES string of the molecule is O=C(Nc1ccc(F)c(Cl)c1)c1cnc(N2CCCC2)nc1. The maximum Gasteiger partial charge on any atom is 0.258 e. The summed E-state index contributed by atoms with van der Waals surface area (Å²) in [4.78, 5) is 22.6. The van der Waals surface area contributed by atoms with Crippen molar-refractivity contribution in [1.29, 1.82) is 0 Å². The minimum atomic E-state index is -0.530. The molecular formula is C15H14ClFN4O. The van der Waals surface area contributed by atoms with Crippen LogP contribution in [-0.2, 0) is 0 Å². The summed E-state index contributed by atoms with van der Waals surface area (Å²) in [6.45, 7) is 1.89. The van der Waals surface area contributed by atoms with Crippen molar-refractivity contribution in [1.82, 2.24) is 9.97 Å². The Morgan fingerprint density at radius 1 is 1.23 bits per heavy atom. The van der Waals surface area contributed by atoms with Gasteiger partial charge in [-0.25, -0.2) is 14.4 Å². The molecule has 1 saturated heterocycles. The smallest absolute Gasteiger partial charge is 0.258 e. The number of nitrogens with one attached hydrogen (secondary N) is 1. The van der Waals surface area contributed by atoms with Gasteiger partial charge >= 0.3 is 0 Å². The normalized spacial score (nSPS) is 14.2. The third-order valence-corrected chi connectivity index (χ3v) is 3.76. The largest absolute Gasteiger partial charge is 0.341 e. The third-order valence-electron chi connectivity index (χ3n) is 3.47. The van der Waals surface area contributed by atoms with E-state index >= 15 is 0 Å². The third kappa shape index (κ3) is 3.17. The van der Waals surface area contributed by atoms with E-state index in [1.165, 1.54) is 30.6 Å². The van der Waals surface area contributed by atoms with Crippen LogP contribution in [0.25, 0.3) is 0 Å². The highest BCUT2D eigenvalue weighted by molar-refractivity contribution is 6.31. The summed E-state index contributed by atoms with van der Waals surface area (Å²) in [6.07, 6.45) is 5.25. The first kappa shape index (κ1) is 14.7. The predicted molar refractivity (Wildman–Crippen MR) is 82.8 cm³/mol. The van der Waals surface area contributed by atoms with Gasteiger partial charge in [0.25, 0.3) is 5.91 Å². The summed E-state index contributed by atoms with van der Waals surface area (Å²) in [7, 11) is 0. The number of aromatic nitrogens is 2. The Balaban J connectivity index is 1.70. The van der Waals surface area contributed by atoms with Gasteiger partial charge < -0.3 is 10.2 Å². The minimum absolute atomic E-state index is 0.0431. The Morgan fingerprint density at radius 2 is 1.91 bits per heavy atom. The van der Waals surface area contributed by atoms with Crippen LogP contribution >= 0.6 is 11.6 Å². The highest BCUT2D eigenvalue weighted by Gasteiger charge is 2.15. The number of hydrogen-bond acceptors (Lipinski definition) is 4. The van der Waals surface area contributed by atoms with E-state index in [-0.39, 0.29) is 10.9 Å². The molecule has 22 heavy (non-hydrogen) atoms. The van der Waals surface area contributed by atoms with Crippen molar-refractivity contribution < 1.29 is 9.18 Å². The van der Waals surface area contributed by atoms with Gasteiger partial charge in [0.1, 0.15) is 5.82 Å². The van der Waals surface area contributed by atoms with E-state index in [1.54, 1.807) is 0 Å². The van der Waals surface area contributed by atoms with Crippen LogP contribution in [0.2, 0.25) is 5.02 Å². The van der Waals surface area contributed by atoms with E-state index < -0.39 is 5.82 Å². The molecule has 1 fully saturated rings. The summed E-state index contributed by atoms with van der Waals surface area (Å²) in [6, 6.07) is 4.00. The van der Waals surface area contributed by atoms with Crippen molar-refractivity contribution in [2.45, 2.75) is 12.8 Å². The van der Waals surface area contributed by atoms with Crippen LogP contribution in [0.3, 0.4) is 0 Å². The lowest BCUT2D eigenvalue weighted by atomic mass is 10.2. The molecule has 0 saturated carbocycles. The van der Waals surface area contributed by atoms with Crippen molar-refractivity contribution in [2.24, 2.45) is 0 Å². The molecule has 1 aromatic carbocycles.